The number of nitro benzene ring substituents is 1. The van der Waals surface area contributed by atoms with Crippen molar-refractivity contribution in [1.82, 2.24) is 0 Å². The summed E-state index contributed by atoms with van der Waals surface area (Å²) in [5.41, 5.74) is 3.61. The Morgan fingerprint density at radius 3 is 2.60 bits per heavy atom. The molecule has 0 unspecified atom stereocenters. The summed E-state index contributed by atoms with van der Waals surface area (Å²) in [5, 5.41) is 11.3. The maximum absolute atomic E-state index is 11.3. The zero-order valence-electron chi connectivity index (χ0n) is 16.6. The molecule has 0 saturated heterocycles. The Morgan fingerprint density at radius 1 is 1.03 bits per heavy atom. The second-order valence-corrected chi connectivity index (χ2v) is 6.93. The van der Waals surface area contributed by atoms with Gasteiger partial charge in [0, 0.05) is 42.5 Å². The van der Waals surface area contributed by atoms with Crippen molar-refractivity contribution in [2.45, 2.75) is 0 Å². The van der Waals surface area contributed by atoms with E-state index in [2.05, 4.69) is 11.0 Å². The number of nitrogens with zero attached hydrogens (tertiary/aromatic N) is 3. The first kappa shape index (κ1) is 19.4. The Hall–Kier alpha value is -3.93. The number of hydrogen-bond acceptors (Lipinski definition) is 5. The highest BCUT2D eigenvalue weighted by Gasteiger charge is 2.15. The Kier molecular flexibility index (Phi) is 5.57. The number of rotatable bonds is 5. The minimum atomic E-state index is -0.406. The van der Waals surface area contributed by atoms with Gasteiger partial charge < -0.3 is 9.64 Å². The van der Waals surface area contributed by atoms with Gasteiger partial charge in [-0.25, -0.2) is 0 Å². The number of benzene rings is 3. The number of nitro groups is 1. The van der Waals surface area contributed by atoms with Crippen LogP contribution in [-0.4, -0.2) is 30.8 Å². The molecule has 4 rings (SSSR count). The summed E-state index contributed by atoms with van der Waals surface area (Å²) in [6, 6.07) is 22.0. The molecule has 3 aromatic rings. The summed E-state index contributed by atoms with van der Waals surface area (Å²) in [7, 11) is 2.05. The van der Waals surface area contributed by atoms with Crippen LogP contribution in [0, 0.1) is 10.1 Å². The van der Waals surface area contributed by atoms with Crippen LogP contribution >= 0.6 is 0 Å². The number of allylic oxidation sites excluding steroid dienone is 1. The van der Waals surface area contributed by atoms with Crippen LogP contribution in [0.5, 0.6) is 11.5 Å². The van der Waals surface area contributed by atoms with Gasteiger partial charge in [0.2, 0.25) is 0 Å². The molecule has 1 heterocycles. The van der Waals surface area contributed by atoms with E-state index in [1.165, 1.54) is 12.1 Å². The van der Waals surface area contributed by atoms with E-state index in [-0.39, 0.29) is 5.69 Å². The first-order valence-electron chi connectivity index (χ1n) is 9.66. The normalized spacial score (nSPS) is 13.5. The van der Waals surface area contributed by atoms with Crippen LogP contribution in [0.4, 0.5) is 11.4 Å². The van der Waals surface area contributed by atoms with E-state index >= 15 is 0 Å². The van der Waals surface area contributed by atoms with Crippen LogP contribution in [0.15, 0.2) is 83.9 Å². The molecular formula is C24H21N3O3. The highest BCUT2D eigenvalue weighted by molar-refractivity contribution is 6.14. The molecule has 0 aliphatic carbocycles. The van der Waals surface area contributed by atoms with Crippen molar-refractivity contribution < 1.29 is 9.66 Å². The van der Waals surface area contributed by atoms with E-state index in [0.717, 1.165) is 23.5 Å². The summed E-state index contributed by atoms with van der Waals surface area (Å²) >= 11 is 0. The molecule has 0 fully saturated rings. The Bertz CT molecular complexity index is 1120. The number of hydrogen-bond donors (Lipinski definition) is 0. The lowest BCUT2D eigenvalue weighted by Gasteiger charge is -2.18. The van der Waals surface area contributed by atoms with Crippen LogP contribution < -0.4 is 9.64 Å². The average molecular weight is 399 g/mol. The van der Waals surface area contributed by atoms with Crippen LogP contribution in [-0.2, 0) is 0 Å². The molecule has 150 valence electrons. The average Bonchev–Trinajstić information content (AvgIpc) is 2.92. The zero-order chi connectivity index (χ0) is 20.9. The van der Waals surface area contributed by atoms with E-state index in [0.29, 0.717) is 23.6 Å². The number of aliphatic imine (C=N–C) groups is 1. The summed E-state index contributed by atoms with van der Waals surface area (Å²) in [4.78, 5) is 17.8. The first-order valence-corrected chi connectivity index (χ1v) is 9.66. The van der Waals surface area contributed by atoms with Gasteiger partial charge in [-0.1, -0.05) is 36.4 Å². The van der Waals surface area contributed by atoms with Gasteiger partial charge in [-0.3, -0.25) is 15.1 Å². The molecule has 0 radical (unpaired) electrons. The van der Waals surface area contributed by atoms with E-state index < -0.39 is 4.92 Å². The molecule has 0 N–H and O–H groups in total. The van der Waals surface area contributed by atoms with Gasteiger partial charge in [-0.2, -0.15) is 0 Å². The molecule has 0 bridgehead atoms. The summed E-state index contributed by atoms with van der Waals surface area (Å²) in [5.74, 6) is 1.21. The maximum atomic E-state index is 11.3. The van der Waals surface area contributed by atoms with E-state index in [1.54, 1.807) is 6.07 Å². The van der Waals surface area contributed by atoms with Crippen molar-refractivity contribution in [3.8, 4) is 11.5 Å². The number of anilines is 1. The van der Waals surface area contributed by atoms with Gasteiger partial charge in [0.1, 0.15) is 11.5 Å². The number of non-ortho nitro benzene ring substituents is 1. The first-order chi connectivity index (χ1) is 14.6. The highest BCUT2D eigenvalue weighted by Crippen LogP contribution is 2.30. The van der Waals surface area contributed by atoms with Crippen molar-refractivity contribution in [3.63, 3.8) is 0 Å². The van der Waals surface area contributed by atoms with Crippen molar-refractivity contribution >= 4 is 23.2 Å². The fourth-order valence-electron chi connectivity index (χ4n) is 3.35. The summed E-state index contributed by atoms with van der Waals surface area (Å²) < 4.78 is 5.97. The smallest absolute Gasteiger partial charge is 0.270 e. The van der Waals surface area contributed by atoms with Gasteiger partial charge >= 0.3 is 0 Å². The molecule has 0 spiro atoms. The number of fused-ring (bicyclic) bond motifs is 1. The monoisotopic (exact) mass is 399 g/mol. The molecular weight excluding hydrogens is 378 g/mol. The predicted molar refractivity (Wildman–Crippen MR) is 120 cm³/mol. The zero-order valence-corrected chi connectivity index (χ0v) is 16.6. The molecule has 0 atom stereocenters. The lowest BCUT2D eigenvalue weighted by atomic mass is 10.1. The van der Waals surface area contributed by atoms with Crippen LogP contribution in [0.25, 0.3) is 6.08 Å². The second-order valence-electron chi connectivity index (χ2n) is 6.93. The van der Waals surface area contributed by atoms with Gasteiger partial charge in [0.25, 0.3) is 5.69 Å². The second kappa shape index (κ2) is 8.61. The van der Waals surface area contributed by atoms with E-state index in [4.69, 9.17) is 9.73 Å². The predicted octanol–water partition coefficient (Wildman–Crippen LogP) is 5.34. The molecule has 3 aromatic carbocycles. The quantitative estimate of drug-likeness (QED) is 0.429. The lowest BCUT2D eigenvalue weighted by molar-refractivity contribution is -0.384. The molecule has 6 heteroatoms. The van der Waals surface area contributed by atoms with Crippen molar-refractivity contribution in [1.29, 1.82) is 0 Å². The Balaban J connectivity index is 1.71. The largest absolute Gasteiger partial charge is 0.457 e. The van der Waals surface area contributed by atoms with Crippen molar-refractivity contribution in [2.75, 3.05) is 25.0 Å². The molecule has 1 aliphatic rings. The standard InChI is InChI=1S/C24H21N3O3/c1-26-16-15-25-22(21-9-5-6-10-23(21)26)13-11-18-17-19(27(28)29)12-14-24(18)30-20-7-3-2-4-8-20/h2-14,17H,15-16H2,1H3/b13-11+. The topological polar surface area (TPSA) is 68.0 Å². The third kappa shape index (κ3) is 4.22. The van der Waals surface area contributed by atoms with Gasteiger partial charge in [0.15, 0.2) is 0 Å². The minimum Gasteiger partial charge on any atom is -0.457 e. The van der Waals surface area contributed by atoms with E-state index in [9.17, 15) is 10.1 Å². The maximum Gasteiger partial charge on any atom is 0.270 e. The minimum absolute atomic E-state index is 0.0120. The Labute approximate surface area is 174 Å². The van der Waals surface area contributed by atoms with Crippen molar-refractivity contribution in [2.24, 2.45) is 4.99 Å². The number of para-hydroxylation sites is 2. The lowest BCUT2D eigenvalue weighted by Crippen LogP contribution is -2.20. The van der Waals surface area contributed by atoms with Gasteiger partial charge in [-0.15, -0.1) is 0 Å². The third-order valence-electron chi connectivity index (χ3n) is 4.90. The van der Waals surface area contributed by atoms with E-state index in [1.807, 2.05) is 67.7 Å². The molecule has 0 amide bonds. The fraction of sp³-hybridized carbons (Fsp3) is 0.125. The number of ether oxygens (including phenoxy) is 1. The molecule has 0 saturated carbocycles. The van der Waals surface area contributed by atoms with Crippen molar-refractivity contribution in [3.05, 3.63) is 100 Å². The summed E-state index contributed by atoms with van der Waals surface area (Å²) in [6.07, 6.45) is 3.72. The SMILES string of the molecule is CN1CCN=C(/C=C/c2cc([N+](=O)[O-])ccc2Oc2ccccc2)c2ccccc21. The fourth-order valence-corrected chi connectivity index (χ4v) is 3.35. The van der Waals surface area contributed by atoms with Crippen LogP contribution in [0.1, 0.15) is 11.1 Å². The van der Waals surface area contributed by atoms with Crippen LogP contribution in [0.2, 0.25) is 0 Å². The molecule has 1 aliphatic heterocycles. The number of benzodiazepines with no additional fused rings is 1. The van der Waals surface area contributed by atoms with Gasteiger partial charge in [-0.05, 0) is 36.4 Å². The number of likely N-dealkylation sites (N-methyl/N-ethyl adjacent to an activating group) is 1. The third-order valence-corrected chi connectivity index (χ3v) is 4.90. The van der Waals surface area contributed by atoms with Gasteiger partial charge in [0.05, 0.1) is 17.2 Å². The molecule has 6 nitrogen and oxygen atoms in total. The Morgan fingerprint density at radius 2 is 1.80 bits per heavy atom. The highest BCUT2D eigenvalue weighted by atomic mass is 16.6. The molecule has 30 heavy (non-hydrogen) atoms. The van der Waals surface area contributed by atoms with Crippen LogP contribution in [0.3, 0.4) is 0 Å². The summed E-state index contributed by atoms with van der Waals surface area (Å²) in [6.45, 7) is 1.50. The molecule has 0 aromatic heterocycles.